The summed E-state index contributed by atoms with van der Waals surface area (Å²) >= 11 is 0. The number of aliphatic hydroxyl groups excluding tert-OH is 1. The third-order valence-electron chi connectivity index (χ3n) is 6.02. The maximum atomic E-state index is 11.8. The molecule has 2 atom stereocenters. The van der Waals surface area contributed by atoms with Crippen molar-refractivity contribution in [3.8, 4) is 17.6 Å². The third-order valence-corrected chi connectivity index (χ3v) is 6.02. The van der Waals surface area contributed by atoms with E-state index in [1.165, 1.54) is 0 Å². The molecule has 8 nitrogen and oxygen atoms in total. The summed E-state index contributed by atoms with van der Waals surface area (Å²) in [7, 11) is 0. The minimum atomic E-state index is -0.309. The van der Waals surface area contributed by atoms with Crippen LogP contribution >= 0.6 is 0 Å². The standard InChI is InChI=1S/C21H27N3O5/c22-10-16-1-2-19-20(9-16)29-18(14-27-19)11-23-6-3-15(4-7-23)5-8-24-17(12-25)13-28-21(24)26/h1-2,9,15,17-18,25H,3-8,11-14H2/t17-,18+/m1/s1. The van der Waals surface area contributed by atoms with Crippen molar-refractivity contribution in [2.24, 2.45) is 5.92 Å². The number of benzene rings is 1. The number of ether oxygens (including phenoxy) is 3. The number of hydrogen-bond donors (Lipinski definition) is 1. The highest BCUT2D eigenvalue weighted by molar-refractivity contribution is 5.70. The molecule has 4 rings (SSSR count). The first-order valence-electron chi connectivity index (χ1n) is 10.3. The molecule has 1 N–H and O–H groups in total. The summed E-state index contributed by atoms with van der Waals surface area (Å²) in [6, 6.07) is 7.18. The van der Waals surface area contributed by atoms with Gasteiger partial charge in [-0.25, -0.2) is 4.79 Å². The van der Waals surface area contributed by atoms with Gasteiger partial charge in [-0.2, -0.15) is 5.26 Å². The largest absolute Gasteiger partial charge is 0.486 e. The molecule has 0 spiro atoms. The highest BCUT2D eigenvalue weighted by Gasteiger charge is 2.33. The van der Waals surface area contributed by atoms with Crippen molar-refractivity contribution in [1.29, 1.82) is 5.26 Å². The van der Waals surface area contributed by atoms with Gasteiger partial charge in [0, 0.05) is 19.2 Å². The maximum Gasteiger partial charge on any atom is 0.410 e. The van der Waals surface area contributed by atoms with Crippen LogP contribution in [0.5, 0.6) is 11.5 Å². The third kappa shape index (κ3) is 4.57. The van der Waals surface area contributed by atoms with Crippen molar-refractivity contribution >= 4 is 6.09 Å². The Hall–Kier alpha value is -2.50. The molecule has 0 bridgehead atoms. The van der Waals surface area contributed by atoms with Gasteiger partial charge >= 0.3 is 6.09 Å². The van der Waals surface area contributed by atoms with E-state index >= 15 is 0 Å². The molecule has 3 aliphatic rings. The number of rotatable bonds is 6. The van der Waals surface area contributed by atoms with Crippen molar-refractivity contribution < 1.29 is 24.1 Å². The molecule has 1 aromatic rings. The molecule has 0 aromatic heterocycles. The zero-order valence-electron chi connectivity index (χ0n) is 16.5. The molecule has 1 amide bonds. The van der Waals surface area contributed by atoms with Crippen molar-refractivity contribution in [3.05, 3.63) is 23.8 Å². The first kappa shape index (κ1) is 19.8. The molecule has 29 heavy (non-hydrogen) atoms. The van der Waals surface area contributed by atoms with E-state index in [1.807, 2.05) is 0 Å². The summed E-state index contributed by atoms with van der Waals surface area (Å²) in [6.45, 7) is 4.18. The zero-order valence-corrected chi connectivity index (χ0v) is 16.5. The zero-order chi connectivity index (χ0) is 20.2. The van der Waals surface area contributed by atoms with E-state index in [9.17, 15) is 9.90 Å². The fourth-order valence-corrected chi connectivity index (χ4v) is 4.26. The number of carbonyl (C=O) groups excluding carboxylic acids is 1. The summed E-state index contributed by atoms with van der Waals surface area (Å²) in [4.78, 5) is 15.8. The van der Waals surface area contributed by atoms with Crippen LogP contribution in [-0.2, 0) is 4.74 Å². The molecule has 8 heteroatoms. The van der Waals surface area contributed by atoms with Crippen LogP contribution in [0, 0.1) is 17.2 Å². The van der Waals surface area contributed by atoms with E-state index in [0.29, 0.717) is 36.1 Å². The predicted octanol–water partition coefficient (Wildman–Crippen LogP) is 1.61. The van der Waals surface area contributed by atoms with Crippen molar-refractivity contribution in [1.82, 2.24) is 9.80 Å². The van der Waals surface area contributed by atoms with E-state index in [1.54, 1.807) is 23.1 Å². The summed E-state index contributed by atoms with van der Waals surface area (Å²) in [5.41, 5.74) is 0.569. The normalized spacial score (nSPS) is 25.0. The van der Waals surface area contributed by atoms with Gasteiger partial charge in [0.25, 0.3) is 0 Å². The van der Waals surface area contributed by atoms with Gasteiger partial charge in [0.1, 0.15) is 19.3 Å². The molecule has 3 aliphatic heterocycles. The van der Waals surface area contributed by atoms with Gasteiger partial charge in [-0.15, -0.1) is 0 Å². The molecule has 0 unspecified atom stereocenters. The van der Waals surface area contributed by atoms with Crippen LogP contribution in [0.4, 0.5) is 4.79 Å². The first-order valence-corrected chi connectivity index (χ1v) is 10.3. The molecular formula is C21H27N3O5. The van der Waals surface area contributed by atoms with Gasteiger partial charge in [-0.1, -0.05) is 0 Å². The molecule has 0 radical (unpaired) electrons. The number of likely N-dealkylation sites (tertiary alicyclic amines) is 1. The fraction of sp³-hybridized carbons (Fsp3) is 0.619. The second-order valence-electron chi connectivity index (χ2n) is 7.96. The predicted molar refractivity (Wildman–Crippen MR) is 104 cm³/mol. The number of fused-ring (bicyclic) bond motifs is 1. The first-order chi connectivity index (χ1) is 14.2. The molecule has 0 saturated carbocycles. The highest BCUT2D eigenvalue weighted by atomic mass is 16.6. The Kier molecular flexibility index (Phi) is 6.07. The SMILES string of the molecule is N#Cc1ccc2c(c1)O[C@@H](CN1CCC(CCN3C(=O)OC[C@H]3CO)CC1)CO2. The maximum absolute atomic E-state index is 11.8. The summed E-state index contributed by atoms with van der Waals surface area (Å²) in [6.07, 6.45) is 2.74. The number of amides is 1. The van der Waals surface area contributed by atoms with Crippen LogP contribution in [0.3, 0.4) is 0 Å². The van der Waals surface area contributed by atoms with Gasteiger partial charge in [0.2, 0.25) is 0 Å². The molecule has 1 aromatic carbocycles. The Balaban J connectivity index is 1.21. The van der Waals surface area contributed by atoms with Crippen molar-refractivity contribution in [2.45, 2.75) is 31.4 Å². The van der Waals surface area contributed by atoms with Crippen LogP contribution in [0.15, 0.2) is 18.2 Å². The summed E-state index contributed by atoms with van der Waals surface area (Å²) in [5.74, 6) is 1.91. The van der Waals surface area contributed by atoms with Crippen LogP contribution in [0.1, 0.15) is 24.8 Å². The average Bonchev–Trinajstić information content (AvgIpc) is 3.12. The lowest BCUT2D eigenvalue weighted by atomic mass is 9.93. The van der Waals surface area contributed by atoms with E-state index in [4.69, 9.17) is 19.5 Å². The van der Waals surface area contributed by atoms with E-state index in [0.717, 1.165) is 38.9 Å². The van der Waals surface area contributed by atoms with Crippen molar-refractivity contribution in [2.75, 3.05) is 46.0 Å². The Bertz CT molecular complexity index is 772. The quantitative estimate of drug-likeness (QED) is 0.774. The number of carbonyl (C=O) groups is 1. The number of nitrogens with zero attached hydrogens (tertiary/aromatic N) is 3. The second kappa shape index (κ2) is 8.89. The highest BCUT2D eigenvalue weighted by Crippen LogP contribution is 2.33. The minimum absolute atomic E-state index is 0.0438. The van der Waals surface area contributed by atoms with Gasteiger partial charge in [0.15, 0.2) is 11.5 Å². The topological polar surface area (TPSA) is 95.3 Å². The number of nitriles is 1. The van der Waals surface area contributed by atoms with Crippen LogP contribution in [0.2, 0.25) is 0 Å². The monoisotopic (exact) mass is 401 g/mol. The van der Waals surface area contributed by atoms with Gasteiger partial charge < -0.3 is 19.3 Å². The Morgan fingerprint density at radius 2 is 2.00 bits per heavy atom. The molecule has 2 saturated heterocycles. The number of aliphatic hydroxyl groups is 1. The van der Waals surface area contributed by atoms with Crippen LogP contribution in [-0.4, -0.2) is 79.1 Å². The van der Waals surface area contributed by atoms with E-state index in [2.05, 4.69) is 11.0 Å². The van der Waals surface area contributed by atoms with Gasteiger partial charge in [-0.05, 0) is 50.4 Å². The number of cyclic esters (lactones) is 1. The van der Waals surface area contributed by atoms with Crippen LogP contribution in [0.25, 0.3) is 0 Å². The van der Waals surface area contributed by atoms with Gasteiger partial charge in [0.05, 0.1) is 24.3 Å². The van der Waals surface area contributed by atoms with E-state index in [-0.39, 0.29) is 31.5 Å². The Morgan fingerprint density at radius 3 is 2.76 bits per heavy atom. The molecule has 0 aliphatic carbocycles. The summed E-state index contributed by atoms with van der Waals surface area (Å²) < 4.78 is 16.9. The molecule has 3 heterocycles. The number of hydrogen-bond acceptors (Lipinski definition) is 7. The smallest absolute Gasteiger partial charge is 0.410 e. The van der Waals surface area contributed by atoms with Gasteiger partial charge in [-0.3, -0.25) is 9.80 Å². The van der Waals surface area contributed by atoms with E-state index < -0.39 is 0 Å². The van der Waals surface area contributed by atoms with Crippen LogP contribution < -0.4 is 9.47 Å². The fourth-order valence-electron chi connectivity index (χ4n) is 4.26. The Labute approximate surface area is 170 Å². The lowest BCUT2D eigenvalue weighted by molar-refractivity contribution is 0.0464. The molecular weight excluding hydrogens is 374 g/mol. The lowest BCUT2D eigenvalue weighted by Gasteiger charge is -2.36. The average molecular weight is 401 g/mol. The summed E-state index contributed by atoms with van der Waals surface area (Å²) in [5, 5.41) is 18.4. The second-order valence-corrected chi connectivity index (χ2v) is 7.96. The number of piperidine rings is 1. The lowest BCUT2D eigenvalue weighted by Crippen LogP contribution is -2.44. The Morgan fingerprint density at radius 1 is 1.17 bits per heavy atom. The molecule has 2 fully saturated rings. The minimum Gasteiger partial charge on any atom is -0.486 e. The molecule has 156 valence electrons. The van der Waals surface area contributed by atoms with Crippen molar-refractivity contribution in [3.63, 3.8) is 0 Å².